The van der Waals surface area contributed by atoms with Gasteiger partial charge in [0.1, 0.15) is 52.9 Å². The monoisotopic (exact) mass is 1130 g/mol. The number of allylic oxidation sites excluding steroid dienone is 2. The van der Waals surface area contributed by atoms with E-state index in [0.29, 0.717) is 29.0 Å². The lowest BCUT2D eigenvalue weighted by Crippen LogP contribution is -2.34. The molecular weight excluding hydrogens is 1070 g/mol. The number of nitrogens with one attached hydrogen (secondary N) is 1. The van der Waals surface area contributed by atoms with Gasteiger partial charge in [0.05, 0.1) is 39.9 Å². The molecule has 2 aromatic heterocycles. The molecule has 26 heteroatoms. The fourth-order valence-corrected chi connectivity index (χ4v) is 8.13. The number of alkyl halides is 8. The van der Waals surface area contributed by atoms with Gasteiger partial charge in [-0.2, -0.15) is 44.5 Å². The minimum Gasteiger partial charge on any atom is -0.448 e. The van der Waals surface area contributed by atoms with Gasteiger partial charge in [-0.1, -0.05) is 30.5 Å². The molecule has 2 aromatic carbocycles. The molecule has 1 saturated carbocycles. The number of rotatable bonds is 15. The molecule has 3 N–H and O–H groups in total. The lowest BCUT2D eigenvalue weighted by molar-refractivity contribution is -0.141. The van der Waals surface area contributed by atoms with E-state index in [1.54, 1.807) is 21.0 Å². The number of methoxy groups -OCH3 is 1. The van der Waals surface area contributed by atoms with E-state index >= 15 is 8.78 Å². The summed E-state index contributed by atoms with van der Waals surface area (Å²) < 4.78 is 167. The third-order valence-corrected chi connectivity index (χ3v) is 13.6. The van der Waals surface area contributed by atoms with Crippen LogP contribution in [0.15, 0.2) is 58.7 Å². The van der Waals surface area contributed by atoms with Crippen LogP contribution in [0.25, 0.3) is 22.0 Å². The summed E-state index contributed by atoms with van der Waals surface area (Å²) in [6.07, 6.45) is -9.46. The lowest BCUT2D eigenvalue weighted by Gasteiger charge is -2.23. The molecule has 1 aliphatic rings. The van der Waals surface area contributed by atoms with Gasteiger partial charge in [-0.05, 0) is 107 Å². The summed E-state index contributed by atoms with van der Waals surface area (Å²) in [7, 11) is 0.176. The van der Waals surface area contributed by atoms with Crippen molar-refractivity contribution in [3.63, 3.8) is 0 Å². The van der Waals surface area contributed by atoms with Gasteiger partial charge in [0.2, 0.25) is 5.91 Å². The average molecular weight is 1130 g/mol. The summed E-state index contributed by atoms with van der Waals surface area (Å²) in [4.78, 5) is 46.3. The third-order valence-electron chi connectivity index (χ3n) is 11.1. The fraction of sp³-hybridized carbons (Fsp3) is 0.469. The molecule has 0 aliphatic heterocycles. The minimum atomic E-state index is -5.24. The van der Waals surface area contributed by atoms with Crippen LogP contribution < -0.4 is 15.4 Å². The number of amides is 2. The first-order valence-electron chi connectivity index (χ1n) is 22.5. The molecule has 2 unspecified atom stereocenters. The molecular formula is C49H54ClF10N7O6S2. The van der Waals surface area contributed by atoms with E-state index < -0.39 is 118 Å². The molecule has 13 nitrogen and oxygen atoms in total. The van der Waals surface area contributed by atoms with Crippen molar-refractivity contribution in [2.24, 2.45) is 16.6 Å². The number of hydrogen-bond acceptors (Lipinski definition) is 11. The second kappa shape index (κ2) is 25.0. The highest BCUT2D eigenvalue weighted by Gasteiger charge is 2.52. The molecule has 3 atom stereocenters. The first-order valence-corrected chi connectivity index (χ1v) is 25.6. The Balaban J connectivity index is 0.00000191. The number of anilines is 1. The van der Waals surface area contributed by atoms with Crippen molar-refractivity contribution in [1.82, 2.24) is 20.1 Å². The maximum absolute atomic E-state index is 15.2. The Hall–Kier alpha value is -5.71. The number of nitrogens with two attached hydrogens (primary N) is 1. The molecule has 0 radical (unpaired) electrons. The number of pyridine rings is 1. The van der Waals surface area contributed by atoms with Gasteiger partial charge in [0.25, 0.3) is 5.92 Å². The Morgan fingerprint density at radius 1 is 1.07 bits per heavy atom. The van der Waals surface area contributed by atoms with Crippen molar-refractivity contribution in [2.75, 3.05) is 37.1 Å². The topological polar surface area (TPSA) is 171 Å². The molecule has 0 saturated heterocycles. The van der Waals surface area contributed by atoms with Gasteiger partial charge >= 0.3 is 18.4 Å². The second-order valence-electron chi connectivity index (χ2n) is 18.4. The summed E-state index contributed by atoms with van der Waals surface area (Å²) >= 11 is 7.38. The molecule has 410 valence electrons. The molecule has 1 fully saturated rings. The number of unbranched alkanes of at least 4 members (excludes halogenated alkanes) is 1. The van der Waals surface area contributed by atoms with Crippen LogP contribution in [-0.2, 0) is 42.8 Å². The van der Waals surface area contributed by atoms with E-state index in [1.807, 2.05) is 20.8 Å². The quantitative estimate of drug-likeness (QED) is 0.0384. The number of fused-ring (bicyclic) bond motifs is 1. The zero-order valence-electron chi connectivity index (χ0n) is 42.0. The number of aliphatic imine (C=N–C) groups is 1. The Morgan fingerprint density at radius 3 is 2.23 bits per heavy atom. The van der Waals surface area contributed by atoms with E-state index in [-0.39, 0.29) is 69.1 Å². The number of hydrogen-bond donors (Lipinski definition) is 2. The van der Waals surface area contributed by atoms with Gasteiger partial charge in [-0.15, -0.1) is 0 Å². The predicted octanol–water partition coefficient (Wildman–Crippen LogP) is 11.0. The highest BCUT2D eigenvalue weighted by molar-refractivity contribution is 8.00. The average Bonchev–Trinajstić information content (AvgIpc) is 3.76. The summed E-state index contributed by atoms with van der Waals surface area (Å²) in [5.74, 6) is -3.64. The Labute approximate surface area is 438 Å². The van der Waals surface area contributed by atoms with E-state index in [4.69, 9.17) is 26.8 Å². The largest absolute Gasteiger partial charge is 0.448 e. The lowest BCUT2D eigenvalue weighted by atomic mass is 9.93. The van der Waals surface area contributed by atoms with Crippen molar-refractivity contribution >= 4 is 75.1 Å². The van der Waals surface area contributed by atoms with Crippen LogP contribution in [0.4, 0.5) is 54.5 Å². The number of aromatic nitrogens is 3. The Kier molecular flexibility index (Phi) is 20.6. The van der Waals surface area contributed by atoms with E-state index in [0.717, 1.165) is 23.4 Å². The van der Waals surface area contributed by atoms with Crippen molar-refractivity contribution in [3.05, 3.63) is 87.3 Å². The minimum absolute atomic E-state index is 0.0376. The number of benzene rings is 2. The molecule has 75 heavy (non-hydrogen) atoms. The maximum atomic E-state index is 15.2. The van der Waals surface area contributed by atoms with Crippen LogP contribution in [0, 0.1) is 29.4 Å². The zero-order valence-corrected chi connectivity index (χ0v) is 44.3. The van der Waals surface area contributed by atoms with Crippen molar-refractivity contribution < 1.29 is 72.0 Å². The van der Waals surface area contributed by atoms with Crippen molar-refractivity contribution in [3.8, 4) is 23.0 Å². The SMILES string of the molecule is COC(C)(C)C.CSN(C(=O)OCCCC=O)c1nn(CC(F)(F)F)c2c(-c3ccc(C#CC(C)(C)S(C)=O)nc3C(Cc3cc(F)cc(F)c3)NC(=O)CN=C3/C(=C(\N)C(F)(F)F)[C@@H](C)CC3(F)F)ccc(Cl)c12. The van der Waals surface area contributed by atoms with Gasteiger partial charge in [0.15, 0.2) is 5.82 Å². The second-order valence-corrected chi connectivity index (χ2v) is 21.4. The number of nitrogens with zero attached hydrogens (tertiary/aromatic N) is 5. The smallest absolute Gasteiger partial charge is 0.431 e. The normalized spacial score (nSPS) is 16.9. The van der Waals surface area contributed by atoms with Crippen LogP contribution in [-0.4, -0.2) is 104 Å². The number of halogens is 11. The van der Waals surface area contributed by atoms with Gasteiger partial charge in [-0.25, -0.2) is 18.6 Å². The van der Waals surface area contributed by atoms with Gasteiger partial charge < -0.3 is 25.3 Å². The number of carbonyl (C=O) groups is 3. The first kappa shape index (κ1) is 61.8. The van der Waals surface area contributed by atoms with Crippen LogP contribution in [0.1, 0.15) is 83.8 Å². The Bertz CT molecular complexity index is 2890. The van der Waals surface area contributed by atoms with Crippen LogP contribution in [0.5, 0.6) is 0 Å². The van der Waals surface area contributed by atoms with Crippen LogP contribution in [0.2, 0.25) is 5.02 Å². The molecule has 4 aromatic rings. The number of ether oxygens (including phenoxy) is 2. The van der Waals surface area contributed by atoms with E-state index in [2.05, 4.69) is 32.2 Å². The summed E-state index contributed by atoms with van der Waals surface area (Å²) in [5, 5.41) is 6.19. The first-order chi connectivity index (χ1) is 34.6. The van der Waals surface area contributed by atoms with E-state index in [9.17, 15) is 53.7 Å². The molecule has 2 heterocycles. The summed E-state index contributed by atoms with van der Waals surface area (Å²) in [5.41, 5.74) is -0.0915. The van der Waals surface area contributed by atoms with Crippen molar-refractivity contribution in [1.29, 1.82) is 0 Å². The highest BCUT2D eigenvalue weighted by atomic mass is 35.5. The van der Waals surface area contributed by atoms with Gasteiger partial charge in [0, 0.05) is 66.0 Å². The number of aldehydes is 1. The molecule has 0 bridgehead atoms. The molecule has 0 spiro atoms. The highest BCUT2D eigenvalue weighted by Crippen LogP contribution is 2.45. The number of carbonyl (C=O) groups excluding carboxylic acids is 3. The maximum Gasteiger partial charge on any atom is 0.431 e. The predicted molar refractivity (Wildman–Crippen MR) is 268 cm³/mol. The van der Waals surface area contributed by atoms with Crippen molar-refractivity contribution in [2.45, 2.75) is 108 Å². The molecule has 5 rings (SSSR count). The van der Waals surface area contributed by atoms with Crippen LogP contribution in [0.3, 0.4) is 0 Å². The summed E-state index contributed by atoms with van der Waals surface area (Å²) in [6, 6.07) is 5.79. The molecule has 1 aliphatic carbocycles. The third kappa shape index (κ3) is 16.6. The summed E-state index contributed by atoms with van der Waals surface area (Å²) in [6.45, 7) is 6.95. The zero-order chi connectivity index (χ0) is 56.6. The molecule has 2 amide bonds. The Morgan fingerprint density at radius 2 is 1.68 bits per heavy atom. The fourth-order valence-electron chi connectivity index (χ4n) is 7.19. The van der Waals surface area contributed by atoms with E-state index in [1.165, 1.54) is 36.8 Å². The van der Waals surface area contributed by atoms with Crippen LogP contribution >= 0.6 is 23.5 Å². The van der Waals surface area contributed by atoms with Gasteiger partial charge in [-0.3, -0.25) is 18.7 Å². The standard InChI is InChI=1S/C44H42ClF10N7O5S2.C5H12O/c1-23-20-42(48,49)38(33(23)37(56)44(53,54)55)57-21-32(64)59-31(18-24-16-25(46)19-26(47)17-24)35-28(9-8-27(58-35)12-13-41(2,3)69(5)66)29-10-11-30(45)34-36(29)61(22-43(50,51)52)60-39(34)62(68-4)40(65)67-15-7-6-14-63;1-5(2,3)6-4/h8-11,14,16-17,19,23,31H,6-7,15,18,20-22,56H2,1-5H3,(H,59,64);1-4H3/b37-33-,57-38?;/t23-,31?,69?;/m0./s1.